The average molecular weight is 411 g/mol. The van der Waals surface area contributed by atoms with E-state index in [9.17, 15) is 14.4 Å². The number of esters is 1. The molecule has 144 valence electrons. The third-order valence-corrected chi connectivity index (χ3v) is 5.20. The van der Waals surface area contributed by atoms with Crippen LogP contribution in [0.25, 0.3) is 0 Å². The molecule has 0 fully saturated rings. The second-order valence-corrected chi connectivity index (χ2v) is 7.07. The molecule has 0 bridgehead atoms. The van der Waals surface area contributed by atoms with Gasteiger partial charge in [0.25, 0.3) is 11.8 Å². The molecule has 1 heterocycles. The van der Waals surface area contributed by atoms with Crippen LogP contribution < -0.4 is 15.6 Å². The van der Waals surface area contributed by atoms with Crippen molar-refractivity contribution < 1.29 is 23.9 Å². The topological polar surface area (TPSA) is 93.7 Å². The standard InChI is InChI=1S/C18H19ClN2O5S/c1-4-14-10(2)7-15(27-14)18(24)26-9-16(22)20-21-17(23)12-8-11(19)5-6-13(12)25-3/h5-8H,4,9H2,1-3H3,(H,20,22)(H,21,23). The van der Waals surface area contributed by atoms with Gasteiger partial charge < -0.3 is 9.47 Å². The van der Waals surface area contributed by atoms with E-state index < -0.39 is 24.4 Å². The minimum absolute atomic E-state index is 0.156. The van der Waals surface area contributed by atoms with Gasteiger partial charge in [-0.25, -0.2) is 4.79 Å². The number of amides is 2. The third-order valence-electron chi connectivity index (χ3n) is 3.60. The first-order valence-electron chi connectivity index (χ1n) is 8.04. The molecule has 0 unspecified atom stereocenters. The molecule has 2 amide bonds. The molecule has 0 radical (unpaired) electrons. The lowest BCUT2D eigenvalue weighted by Gasteiger charge is -2.10. The van der Waals surface area contributed by atoms with E-state index in [1.807, 2.05) is 13.8 Å². The van der Waals surface area contributed by atoms with Crippen LogP contribution in [0.5, 0.6) is 5.75 Å². The van der Waals surface area contributed by atoms with Crippen LogP contribution in [0.2, 0.25) is 5.02 Å². The first-order valence-corrected chi connectivity index (χ1v) is 9.24. The van der Waals surface area contributed by atoms with Crippen LogP contribution in [0.4, 0.5) is 0 Å². The van der Waals surface area contributed by atoms with Gasteiger partial charge >= 0.3 is 5.97 Å². The first-order chi connectivity index (χ1) is 12.8. The quantitative estimate of drug-likeness (QED) is 0.564. The summed E-state index contributed by atoms with van der Waals surface area (Å²) in [5.41, 5.74) is 5.57. The number of benzene rings is 1. The van der Waals surface area contributed by atoms with Crippen LogP contribution in [0.15, 0.2) is 24.3 Å². The molecule has 0 aliphatic carbocycles. The fourth-order valence-electron chi connectivity index (χ4n) is 2.26. The fraction of sp³-hybridized carbons (Fsp3) is 0.278. The summed E-state index contributed by atoms with van der Waals surface area (Å²) in [6.07, 6.45) is 0.823. The predicted molar refractivity (Wildman–Crippen MR) is 102 cm³/mol. The zero-order valence-corrected chi connectivity index (χ0v) is 16.6. The van der Waals surface area contributed by atoms with Crippen LogP contribution >= 0.6 is 22.9 Å². The number of carbonyl (C=O) groups excluding carboxylic acids is 3. The normalized spacial score (nSPS) is 10.2. The Hall–Kier alpha value is -2.58. The van der Waals surface area contributed by atoms with E-state index in [1.54, 1.807) is 12.1 Å². The van der Waals surface area contributed by atoms with Gasteiger partial charge in [0.05, 0.1) is 12.7 Å². The highest BCUT2D eigenvalue weighted by atomic mass is 35.5. The Morgan fingerprint density at radius 3 is 2.56 bits per heavy atom. The number of hydrogen-bond acceptors (Lipinski definition) is 6. The molecule has 1 aromatic carbocycles. The Morgan fingerprint density at radius 1 is 1.19 bits per heavy atom. The molecule has 2 N–H and O–H groups in total. The number of aryl methyl sites for hydroxylation is 2. The molecule has 27 heavy (non-hydrogen) atoms. The van der Waals surface area contributed by atoms with Crippen molar-refractivity contribution in [1.29, 1.82) is 0 Å². The summed E-state index contributed by atoms with van der Waals surface area (Å²) in [5, 5.41) is 0.346. The highest BCUT2D eigenvalue weighted by Crippen LogP contribution is 2.23. The van der Waals surface area contributed by atoms with E-state index in [0.29, 0.717) is 15.6 Å². The Kier molecular flexibility index (Phi) is 7.20. The lowest BCUT2D eigenvalue weighted by molar-refractivity contribution is -0.125. The molecule has 0 aliphatic rings. The molecule has 0 saturated carbocycles. The van der Waals surface area contributed by atoms with E-state index in [1.165, 1.54) is 30.6 Å². The highest BCUT2D eigenvalue weighted by molar-refractivity contribution is 7.14. The van der Waals surface area contributed by atoms with Crippen molar-refractivity contribution in [3.8, 4) is 5.75 Å². The Labute approximate surface area is 165 Å². The Balaban J connectivity index is 1.86. The zero-order chi connectivity index (χ0) is 20.0. The summed E-state index contributed by atoms with van der Waals surface area (Å²) in [4.78, 5) is 37.5. The lowest BCUT2D eigenvalue weighted by Crippen LogP contribution is -2.43. The maximum Gasteiger partial charge on any atom is 0.348 e. The van der Waals surface area contributed by atoms with Gasteiger partial charge in [-0.2, -0.15) is 0 Å². The molecule has 0 saturated heterocycles. The third kappa shape index (κ3) is 5.45. The van der Waals surface area contributed by atoms with E-state index >= 15 is 0 Å². The Morgan fingerprint density at radius 2 is 1.93 bits per heavy atom. The largest absolute Gasteiger partial charge is 0.496 e. The van der Waals surface area contributed by atoms with Crippen LogP contribution in [0.1, 0.15) is 37.4 Å². The Bertz CT molecular complexity index is 865. The average Bonchev–Trinajstić information content (AvgIpc) is 3.04. The summed E-state index contributed by atoms with van der Waals surface area (Å²) >= 11 is 7.21. The van der Waals surface area contributed by atoms with Crippen molar-refractivity contribution in [2.24, 2.45) is 0 Å². The number of hydrogen-bond donors (Lipinski definition) is 2. The van der Waals surface area contributed by atoms with Gasteiger partial charge in [0.15, 0.2) is 6.61 Å². The predicted octanol–water partition coefficient (Wildman–Crippen LogP) is 2.90. The molecular weight excluding hydrogens is 392 g/mol. The number of thiophene rings is 1. The van der Waals surface area contributed by atoms with Crippen LogP contribution in [-0.4, -0.2) is 31.5 Å². The molecule has 7 nitrogen and oxygen atoms in total. The van der Waals surface area contributed by atoms with Crippen molar-refractivity contribution in [2.75, 3.05) is 13.7 Å². The van der Waals surface area contributed by atoms with Gasteiger partial charge in [0.2, 0.25) is 0 Å². The van der Waals surface area contributed by atoms with Crippen molar-refractivity contribution in [1.82, 2.24) is 10.9 Å². The molecular formula is C18H19ClN2O5S. The maximum absolute atomic E-state index is 12.1. The fourth-order valence-corrected chi connectivity index (χ4v) is 3.44. The van der Waals surface area contributed by atoms with Crippen molar-refractivity contribution in [3.05, 3.63) is 50.2 Å². The first kappa shape index (κ1) is 20.7. The summed E-state index contributed by atoms with van der Waals surface area (Å²) < 4.78 is 10.0. The second kappa shape index (κ2) is 9.38. The summed E-state index contributed by atoms with van der Waals surface area (Å²) in [6, 6.07) is 6.25. The molecule has 0 spiro atoms. The molecule has 2 rings (SSSR count). The lowest BCUT2D eigenvalue weighted by atomic mass is 10.2. The van der Waals surface area contributed by atoms with E-state index in [4.69, 9.17) is 21.1 Å². The molecule has 2 aromatic rings. The highest BCUT2D eigenvalue weighted by Gasteiger charge is 2.16. The number of ether oxygens (including phenoxy) is 2. The minimum atomic E-state index is -0.679. The number of rotatable bonds is 6. The second-order valence-electron chi connectivity index (χ2n) is 5.49. The van der Waals surface area contributed by atoms with E-state index in [0.717, 1.165) is 16.9 Å². The number of methoxy groups -OCH3 is 1. The number of halogens is 1. The van der Waals surface area contributed by atoms with Crippen molar-refractivity contribution in [3.63, 3.8) is 0 Å². The molecule has 0 atom stereocenters. The molecule has 0 aliphatic heterocycles. The van der Waals surface area contributed by atoms with Gasteiger partial charge in [-0.05, 0) is 43.2 Å². The minimum Gasteiger partial charge on any atom is -0.496 e. The van der Waals surface area contributed by atoms with Gasteiger partial charge in [0, 0.05) is 9.90 Å². The van der Waals surface area contributed by atoms with Crippen LogP contribution in [-0.2, 0) is 16.0 Å². The van der Waals surface area contributed by atoms with E-state index in [-0.39, 0.29) is 5.56 Å². The molecule has 9 heteroatoms. The SMILES string of the molecule is CCc1sc(C(=O)OCC(=O)NNC(=O)c2cc(Cl)ccc2OC)cc1C. The van der Waals surface area contributed by atoms with Gasteiger partial charge in [0.1, 0.15) is 10.6 Å². The van der Waals surface area contributed by atoms with Gasteiger partial charge in [-0.1, -0.05) is 18.5 Å². The zero-order valence-electron chi connectivity index (χ0n) is 15.1. The van der Waals surface area contributed by atoms with Gasteiger partial charge in [-0.15, -0.1) is 11.3 Å². The number of hydrazine groups is 1. The van der Waals surface area contributed by atoms with E-state index in [2.05, 4.69) is 10.9 Å². The smallest absolute Gasteiger partial charge is 0.348 e. The number of nitrogens with one attached hydrogen (secondary N) is 2. The van der Waals surface area contributed by atoms with Crippen molar-refractivity contribution in [2.45, 2.75) is 20.3 Å². The maximum atomic E-state index is 12.1. The summed E-state index contributed by atoms with van der Waals surface area (Å²) in [7, 11) is 1.41. The summed E-state index contributed by atoms with van der Waals surface area (Å²) in [6.45, 7) is 3.39. The summed E-state index contributed by atoms with van der Waals surface area (Å²) in [5.74, 6) is -1.57. The monoisotopic (exact) mass is 410 g/mol. The van der Waals surface area contributed by atoms with Gasteiger partial charge in [-0.3, -0.25) is 20.4 Å². The van der Waals surface area contributed by atoms with Crippen LogP contribution in [0.3, 0.4) is 0 Å². The number of carbonyl (C=O) groups is 3. The van der Waals surface area contributed by atoms with Crippen molar-refractivity contribution >= 4 is 40.7 Å². The van der Waals surface area contributed by atoms with Crippen LogP contribution in [0, 0.1) is 6.92 Å². The molecule has 1 aromatic heterocycles.